The number of thioether (sulfide) groups is 1. The Kier molecular flexibility index (Phi) is 6.01. The van der Waals surface area contributed by atoms with E-state index in [9.17, 15) is 14.4 Å². The fraction of sp³-hybridized carbons (Fsp3) is 0.318. The van der Waals surface area contributed by atoms with Crippen LogP contribution in [-0.4, -0.2) is 37.1 Å². The number of hydrogen-bond donors (Lipinski definition) is 1. The predicted molar refractivity (Wildman–Crippen MR) is 120 cm³/mol. The number of benzene rings is 2. The first kappa shape index (κ1) is 20.8. The minimum atomic E-state index is -0.436. The molecule has 2 saturated heterocycles. The van der Waals surface area contributed by atoms with Gasteiger partial charge in [-0.2, -0.15) is 0 Å². The number of nitrogens with zero attached hydrogens (tertiary/aromatic N) is 2. The van der Waals surface area contributed by atoms with Crippen LogP contribution in [0.2, 0.25) is 5.02 Å². The van der Waals surface area contributed by atoms with Crippen LogP contribution in [0.25, 0.3) is 0 Å². The molecule has 1 N–H and O–H groups in total. The smallest absolute Gasteiger partial charge is 0.229 e. The third kappa shape index (κ3) is 4.18. The molecule has 0 saturated carbocycles. The molecule has 3 amide bonds. The van der Waals surface area contributed by atoms with Crippen molar-refractivity contribution in [2.75, 3.05) is 34.5 Å². The highest BCUT2D eigenvalue weighted by Crippen LogP contribution is 2.33. The lowest BCUT2D eigenvalue weighted by Crippen LogP contribution is -2.28. The van der Waals surface area contributed by atoms with Crippen molar-refractivity contribution in [1.82, 2.24) is 0 Å². The van der Waals surface area contributed by atoms with Crippen LogP contribution >= 0.6 is 23.4 Å². The molecule has 0 aromatic heterocycles. The summed E-state index contributed by atoms with van der Waals surface area (Å²) in [6.07, 6.45) is 3.50. The molecular weight excluding hydrogens is 422 g/mol. The highest BCUT2D eigenvalue weighted by atomic mass is 35.5. The third-order valence-electron chi connectivity index (χ3n) is 5.44. The van der Waals surface area contributed by atoms with Crippen LogP contribution in [0.5, 0.6) is 0 Å². The van der Waals surface area contributed by atoms with Gasteiger partial charge in [-0.3, -0.25) is 14.4 Å². The normalized spacial score (nSPS) is 18.9. The minimum absolute atomic E-state index is 0.0591. The van der Waals surface area contributed by atoms with E-state index in [1.165, 1.54) is 0 Å². The summed E-state index contributed by atoms with van der Waals surface area (Å²) in [5, 5.41) is 3.28. The van der Waals surface area contributed by atoms with Crippen molar-refractivity contribution < 1.29 is 14.4 Å². The average Bonchev–Trinajstić information content (AvgIpc) is 3.34. The number of amides is 3. The molecule has 4 rings (SSSR count). The Bertz CT molecular complexity index is 1010. The maximum absolute atomic E-state index is 12.8. The summed E-state index contributed by atoms with van der Waals surface area (Å²) in [5.74, 6) is -0.653. The summed E-state index contributed by atoms with van der Waals surface area (Å²) in [6, 6.07) is 12.9. The lowest BCUT2D eigenvalue weighted by molar-refractivity contribution is -0.122. The first-order valence-electron chi connectivity index (χ1n) is 9.81. The van der Waals surface area contributed by atoms with Crippen molar-refractivity contribution in [2.45, 2.75) is 24.2 Å². The van der Waals surface area contributed by atoms with Gasteiger partial charge in [0.25, 0.3) is 0 Å². The van der Waals surface area contributed by atoms with E-state index in [1.54, 1.807) is 39.8 Å². The second-order valence-corrected chi connectivity index (χ2v) is 8.70. The fourth-order valence-corrected chi connectivity index (χ4v) is 4.60. The fourth-order valence-electron chi connectivity index (χ4n) is 3.86. The average molecular weight is 444 g/mol. The van der Waals surface area contributed by atoms with E-state index in [-0.39, 0.29) is 24.1 Å². The zero-order valence-corrected chi connectivity index (χ0v) is 18.1. The van der Waals surface area contributed by atoms with Gasteiger partial charge in [0, 0.05) is 42.2 Å². The van der Waals surface area contributed by atoms with Gasteiger partial charge in [-0.05, 0) is 49.1 Å². The monoisotopic (exact) mass is 443 g/mol. The van der Waals surface area contributed by atoms with Crippen LogP contribution in [-0.2, 0) is 14.4 Å². The number of hydrogen-bond acceptors (Lipinski definition) is 4. The Hall–Kier alpha value is -2.51. The standard InChI is InChI=1S/C22H22ClN3O3S/c1-30-17-5-2-4-16(12-17)26-13-14(10-21(26)28)22(29)24-15-7-8-19(18(23)11-15)25-9-3-6-20(25)27/h2,4-5,7-8,11-12,14H,3,6,9-10,13H2,1H3,(H,24,29). The maximum Gasteiger partial charge on any atom is 0.229 e. The Balaban J connectivity index is 1.43. The van der Waals surface area contributed by atoms with E-state index in [0.717, 1.165) is 17.0 Å². The summed E-state index contributed by atoms with van der Waals surface area (Å²) in [4.78, 5) is 41.6. The van der Waals surface area contributed by atoms with Gasteiger partial charge in [0.1, 0.15) is 0 Å². The van der Waals surface area contributed by atoms with Gasteiger partial charge >= 0.3 is 0 Å². The molecule has 2 heterocycles. The quantitative estimate of drug-likeness (QED) is 0.704. The zero-order valence-electron chi connectivity index (χ0n) is 16.6. The molecule has 2 aromatic carbocycles. The molecule has 8 heteroatoms. The topological polar surface area (TPSA) is 69.7 Å². The molecule has 2 aromatic rings. The van der Waals surface area contributed by atoms with E-state index in [1.807, 2.05) is 30.5 Å². The predicted octanol–water partition coefficient (Wildman–Crippen LogP) is 4.18. The summed E-state index contributed by atoms with van der Waals surface area (Å²) < 4.78 is 0. The van der Waals surface area contributed by atoms with Crippen LogP contribution in [0.3, 0.4) is 0 Å². The summed E-state index contributed by atoms with van der Waals surface area (Å²) >= 11 is 7.97. The summed E-state index contributed by atoms with van der Waals surface area (Å²) in [5.41, 5.74) is 2.02. The van der Waals surface area contributed by atoms with E-state index in [0.29, 0.717) is 35.9 Å². The molecule has 1 unspecified atom stereocenters. The molecular formula is C22H22ClN3O3S. The SMILES string of the molecule is CSc1cccc(N2CC(C(=O)Nc3ccc(N4CCCC4=O)c(Cl)c3)CC2=O)c1. The summed E-state index contributed by atoms with van der Waals surface area (Å²) in [6.45, 7) is 0.999. The second-order valence-electron chi connectivity index (χ2n) is 7.41. The molecule has 0 aliphatic carbocycles. The first-order valence-corrected chi connectivity index (χ1v) is 11.4. The van der Waals surface area contributed by atoms with Crippen LogP contribution in [0.1, 0.15) is 19.3 Å². The molecule has 2 aliphatic rings. The van der Waals surface area contributed by atoms with Gasteiger partial charge in [0.15, 0.2) is 0 Å². The van der Waals surface area contributed by atoms with Crippen molar-refractivity contribution in [3.8, 4) is 0 Å². The van der Waals surface area contributed by atoms with Crippen molar-refractivity contribution in [1.29, 1.82) is 0 Å². The minimum Gasteiger partial charge on any atom is -0.326 e. The van der Waals surface area contributed by atoms with Crippen LogP contribution < -0.4 is 15.1 Å². The van der Waals surface area contributed by atoms with Crippen molar-refractivity contribution >= 4 is 58.1 Å². The lowest BCUT2D eigenvalue weighted by Gasteiger charge is -2.19. The number of halogens is 1. The zero-order chi connectivity index (χ0) is 21.3. The van der Waals surface area contributed by atoms with Gasteiger partial charge < -0.3 is 15.1 Å². The molecule has 156 valence electrons. The van der Waals surface area contributed by atoms with E-state index in [2.05, 4.69) is 5.32 Å². The molecule has 0 spiro atoms. The third-order valence-corrected chi connectivity index (χ3v) is 6.47. The molecule has 6 nitrogen and oxygen atoms in total. The maximum atomic E-state index is 12.8. The molecule has 0 bridgehead atoms. The van der Waals surface area contributed by atoms with Gasteiger partial charge in [-0.1, -0.05) is 17.7 Å². The summed E-state index contributed by atoms with van der Waals surface area (Å²) in [7, 11) is 0. The Morgan fingerprint density at radius 3 is 2.67 bits per heavy atom. The lowest BCUT2D eigenvalue weighted by atomic mass is 10.1. The van der Waals surface area contributed by atoms with Crippen LogP contribution in [0.4, 0.5) is 17.1 Å². The van der Waals surface area contributed by atoms with E-state index in [4.69, 9.17) is 11.6 Å². The van der Waals surface area contributed by atoms with Gasteiger partial charge in [0.05, 0.1) is 16.6 Å². The molecule has 2 fully saturated rings. The largest absolute Gasteiger partial charge is 0.326 e. The Morgan fingerprint density at radius 2 is 1.97 bits per heavy atom. The molecule has 0 radical (unpaired) electrons. The Labute approximate surface area is 184 Å². The van der Waals surface area contributed by atoms with Gasteiger partial charge in [-0.25, -0.2) is 0 Å². The van der Waals surface area contributed by atoms with Crippen molar-refractivity contribution in [2.24, 2.45) is 5.92 Å². The molecule has 2 aliphatic heterocycles. The number of rotatable bonds is 5. The number of carbonyl (C=O) groups excluding carboxylic acids is 3. The second kappa shape index (κ2) is 8.70. The van der Waals surface area contributed by atoms with Crippen LogP contribution in [0.15, 0.2) is 47.4 Å². The Morgan fingerprint density at radius 1 is 1.13 bits per heavy atom. The number of anilines is 3. The highest BCUT2D eigenvalue weighted by Gasteiger charge is 2.35. The number of carbonyl (C=O) groups is 3. The van der Waals surface area contributed by atoms with E-state index < -0.39 is 5.92 Å². The van der Waals surface area contributed by atoms with Gasteiger partial charge in [0.2, 0.25) is 17.7 Å². The van der Waals surface area contributed by atoms with Gasteiger partial charge in [-0.15, -0.1) is 11.8 Å². The van der Waals surface area contributed by atoms with Crippen molar-refractivity contribution in [3.63, 3.8) is 0 Å². The first-order chi connectivity index (χ1) is 14.5. The van der Waals surface area contributed by atoms with Crippen molar-refractivity contribution in [3.05, 3.63) is 47.5 Å². The highest BCUT2D eigenvalue weighted by molar-refractivity contribution is 7.98. The molecule has 1 atom stereocenters. The van der Waals surface area contributed by atoms with E-state index >= 15 is 0 Å². The molecule has 30 heavy (non-hydrogen) atoms. The van der Waals surface area contributed by atoms with Crippen LogP contribution in [0, 0.1) is 5.92 Å². The number of nitrogens with one attached hydrogen (secondary N) is 1.